The van der Waals surface area contributed by atoms with Crippen molar-refractivity contribution >= 4 is 5.97 Å². The molecule has 1 fully saturated rings. The van der Waals surface area contributed by atoms with Crippen LogP contribution in [0.2, 0.25) is 0 Å². The lowest BCUT2D eigenvalue weighted by Crippen LogP contribution is -2.21. The number of fused-ring (bicyclic) bond motifs is 1. The molecule has 0 bridgehead atoms. The number of nitrogens with zero attached hydrogens (tertiary/aromatic N) is 1. The Hall–Kier alpha value is -3.38. The average Bonchev–Trinajstić information content (AvgIpc) is 3.73. The van der Waals surface area contributed by atoms with Gasteiger partial charge < -0.3 is 20.3 Å². The third-order valence-corrected chi connectivity index (χ3v) is 7.46. The van der Waals surface area contributed by atoms with Gasteiger partial charge in [0.1, 0.15) is 11.9 Å². The van der Waals surface area contributed by atoms with Crippen molar-refractivity contribution in [2.75, 3.05) is 7.11 Å². The predicted molar refractivity (Wildman–Crippen MR) is 135 cm³/mol. The number of rotatable bonds is 8. The van der Waals surface area contributed by atoms with E-state index >= 15 is 0 Å². The maximum absolute atomic E-state index is 11.7. The van der Waals surface area contributed by atoms with Crippen LogP contribution in [0.4, 0.5) is 0 Å². The molecular weight excluding hydrogens is 440 g/mol. The molecule has 1 aromatic heterocycles. The minimum atomic E-state index is -0.736. The maximum atomic E-state index is 11.7. The highest BCUT2D eigenvalue weighted by Crippen LogP contribution is 2.48. The highest BCUT2D eigenvalue weighted by atomic mass is 16.5. The number of nitrogens with two attached hydrogens (primary N) is 1. The highest BCUT2D eigenvalue weighted by molar-refractivity contribution is 5.71. The Bertz CT molecular complexity index is 1240. The summed E-state index contributed by atoms with van der Waals surface area (Å²) in [6.07, 6.45) is 5.67. The number of hydrogen-bond acceptors (Lipinski definition) is 5. The third kappa shape index (κ3) is 4.76. The smallest absolute Gasteiger partial charge is 0.306 e. The van der Waals surface area contributed by atoms with E-state index in [1.807, 2.05) is 19.1 Å². The number of hydrogen-bond donors (Lipinski definition) is 2. The van der Waals surface area contributed by atoms with Gasteiger partial charge in [0.05, 0.1) is 13.0 Å². The molecule has 2 aromatic carbocycles. The predicted octanol–water partition coefficient (Wildman–Crippen LogP) is 5.50. The van der Waals surface area contributed by atoms with Crippen molar-refractivity contribution in [2.24, 2.45) is 17.6 Å². The molecule has 1 aliphatic carbocycles. The van der Waals surface area contributed by atoms with Crippen LogP contribution in [0.25, 0.3) is 11.1 Å². The van der Waals surface area contributed by atoms with Gasteiger partial charge >= 0.3 is 5.97 Å². The van der Waals surface area contributed by atoms with Crippen LogP contribution in [0.15, 0.2) is 54.7 Å². The molecule has 35 heavy (non-hydrogen) atoms. The van der Waals surface area contributed by atoms with Crippen LogP contribution in [0.1, 0.15) is 60.5 Å². The van der Waals surface area contributed by atoms with Gasteiger partial charge in [-0.1, -0.05) is 37.3 Å². The zero-order chi connectivity index (χ0) is 24.5. The van der Waals surface area contributed by atoms with Gasteiger partial charge in [-0.05, 0) is 83.0 Å². The van der Waals surface area contributed by atoms with Gasteiger partial charge in [-0.25, -0.2) is 4.98 Å². The number of aliphatic carboxylic acids is 1. The normalized spacial score (nSPS) is 18.8. The highest BCUT2D eigenvalue weighted by Gasteiger charge is 2.39. The molecule has 2 aliphatic rings. The fourth-order valence-electron chi connectivity index (χ4n) is 5.36. The second-order valence-electron chi connectivity index (χ2n) is 9.71. The maximum Gasteiger partial charge on any atom is 0.306 e. The van der Waals surface area contributed by atoms with Crippen LogP contribution in [0.3, 0.4) is 0 Å². The zero-order valence-electron chi connectivity index (χ0n) is 20.2. The molecule has 5 rings (SSSR count). The first-order valence-corrected chi connectivity index (χ1v) is 12.3. The van der Waals surface area contributed by atoms with Crippen LogP contribution in [-0.4, -0.2) is 23.2 Å². The van der Waals surface area contributed by atoms with E-state index in [0.29, 0.717) is 18.3 Å². The molecule has 0 spiro atoms. The molecule has 1 saturated carbocycles. The van der Waals surface area contributed by atoms with Crippen LogP contribution in [0, 0.1) is 11.8 Å². The Morgan fingerprint density at radius 1 is 1.17 bits per heavy atom. The number of benzene rings is 2. The van der Waals surface area contributed by atoms with Crippen LogP contribution < -0.4 is 15.2 Å². The minimum absolute atomic E-state index is 0.0299. The van der Waals surface area contributed by atoms with Gasteiger partial charge in [0.2, 0.25) is 5.88 Å². The summed E-state index contributed by atoms with van der Waals surface area (Å²) in [6.45, 7) is 2.24. The molecule has 6 nitrogen and oxygen atoms in total. The number of carboxylic acid groups (broad SMARTS) is 1. The van der Waals surface area contributed by atoms with Gasteiger partial charge in [0.15, 0.2) is 0 Å². The molecule has 2 heterocycles. The summed E-state index contributed by atoms with van der Waals surface area (Å²) in [4.78, 5) is 15.9. The largest absolute Gasteiger partial charge is 0.485 e. The summed E-state index contributed by atoms with van der Waals surface area (Å²) >= 11 is 0. The quantitative estimate of drug-likeness (QED) is 0.450. The fraction of sp³-hybridized carbons (Fsp3) is 0.379. The Morgan fingerprint density at radius 2 is 2.00 bits per heavy atom. The van der Waals surface area contributed by atoms with Gasteiger partial charge in [-0.15, -0.1) is 0 Å². The van der Waals surface area contributed by atoms with Gasteiger partial charge in [0.25, 0.3) is 0 Å². The molecule has 0 radical (unpaired) electrons. The molecule has 1 aliphatic heterocycles. The Labute approximate surface area is 206 Å². The van der Waals surface area contributed by atoms with E-state index in [-0.39, 0.29) is 12.0 Å². The lowest BCUT2D eigenvalue weighted by atomic mass is 9.82. The summed E-state index contributed by atoms with van der Waals surface area (Å²) in [6, 6.07) is 16.5. The summed E-state index contributed by atoms with van der Waals surface area (Å²) in [5.41, 5.74) is 12.6. The van der Waals surface area contributed by atoms with E-state index in [1.54, 1.807) is 13.3 Å². The summed E-state index contributed by atoms with van der Waals surface area (Å²) in [7, 11) is 1.61. The van der Waals surface area contributed by atoms with Crippen molar-refractivity contribution in [3.05, 3.63) is 77.0 Å². The van der Waals surface area contributed by atoms with Crippen molar-refractivity contribution in [1.82, 2.24) is 4.98 Å². The Morgan fingerprint density at radius 3 is 2.71 bits per heavy atom. The van der Waals surface area contributed by atoms with E-state index < -0.39 is 11.9 Å². The molecule has 6 heteroatoms. The number of pyridine rings is 1. The first-order chi connectivity index (χ1) is 17.0. The number of methoxy groups -OCH3 is 1. The zero-order valence-corrected chi connectivity index (χ0v) is 20.2. The van der Waals surface area contributed by atoms with Crippen LogP contribution >= 0.6 is 0 Å². The summed E-state index contributed by atoms with van der Waals surface area (Å²) < 4.78 is 11.8. The van der Waals surface area contributed by atoms with Crippen molar-refractivity contribution in [3.63, 3.8) is 0 Å². The monoisotopic (exact) mass is 472 g/mol. The second-order valence-corrected chi connectivity index (χ2v) is 9.71. The van der Waals surface area contributed by atoms with Gasteiger partial charge in [0, 0.05) is 18.8 Å². The van der Waals surface area contributed by atoms with Crippen LogP contribution in [0.5, 0.6) is 11.6 Å². The standard InChI is InChI=1S/C29H32N2O4/c1-17(29(32)33)28(19-4-5-19)22-6-3-18-8-10-25(35-26(18)14-22)21-7-9-24(23(13-21)16-30)20-11-12-31-27(15-20)34-2/h3,6-7,9,11-15,17,19,25,28H,4-5,8,10,16,30H2,1-2H3,(H,32,33)/t17-,25-,28?/m0/s1. The number of ether oxygens (including phenoxy) is 2. The van der Waals surface area contributed by atoms with E-state index in [2.05, 4.69) is 41.4 Å². The van der Waals surface area contributed by atoms with Crippen LogP contribution in [-0.2, 0) is 17.8 Å². The number of carboxylic acids is 1. The van der Waals surface area contributed by atoms with Crippen molar-refractivity contribution in [2.45, 2.75) is 51.2 Å². The number of aromatic nitrogens is 1. The summed E-state index contributed by atoms with van der Waals surface area (Å²) in [5, 5.41) is 9.65. The lowest BCUT2D eigenvalue weighted by molar-refractivity contribution is -0.142. The van der Waals surface area contributed by atoms with E-state index in [9.17, 15) is 9.90 Å². The van der Waals surface area contributed by atoms with Crippen molar-refractivity contribution in [3.8, 4) is 22.8 Å². The molecule has 3 N–H and O–H groups in total. The van der Waals surface area contributed by atoms with E-state index in [1.165, 1.54) is 5.56 Å². The number of aryl methyl sites for hydroxylation is 1. The molecule has 0 amide bonds. The van der Waals surface area contributed by atoms with Crippen molar-refractivity contribution in [1.29, 1.82) is 0 Å². The first kappa shape index (κ1) is 23.4. The molecule has 182 valence electrons. The van der Waals surface area contributed by atoms with Gasteiger partial charge in [-0.3, -0.25) is 4.79 Å². The second kappa shape index (κ2) is 9.70. The topological polar surface area (TPSA) is 94.7 Å². The Kier molecular flexibility index (Phi) is 6.48. The first-order valence-electron chi connectivity index (χ1n) is 12.3. The molecule has 3 aromatic rings. The van der Waals surface area contributed by atoms with E-state index in [4.69, 9.17) is 15.2 Å². The van der Waals surface area contributed by atoms with Gasteiger partial charge in [-0.2, -0.15) is 0 Å². The minimum Gasteiger partial charge on any atom is -0.485 e. The molecular formula is C29H32N2O4. The summed E-state index contributed by atoms with van der Waals surface area (Å²) in [5.74, 6) is 0.775. The molecule has 0 saturated heterocycles. The number of carbonyl (C=O) groups is 1. The third-order valence-electron chi connectivity index (χ3n) is 7.46. The molecule has 3 atom stereocenters. The Balaban J connectivity index is 1.41. The lowest BCUT2D eigenvalue weighted by Gasteiger charge is -2.29. The van der Waals surface area contributed by atoms with Crippen molar-refractivity contribution < 1.29 is 19.4 Å². The van der Waals surface area contributed by atoms with E-state index in [0.717, 1.165) is 59.3 Å². The average molecular weight is 473 g/mol. The SMILES string of the molecule is COc1cc(-c2ccc([C@@H]3CCc4ccc(C(C5CC5)[C@H](C)C(=O)O)cc4O3)cc2CN)ccn1. The molecule has 1 unspecified atom stereocenters. The fourth-order valence-corrected chi connectivity index (χ4v) is 5.36.